The minimum Gasteiger partial charge on any atom is -0.379 e. The lowest BCUT2D eigenvalue weighted by molar-refractivity contribution is -0.116. The molecule has 3 N–H and O–H groups in total. The molecule has 0 radical (unpaired) electrons. The Balaban J connectivity index is 0.00000242. The summed E-state index contributed by atoms with van der Waals surface area (Å²) >= 11 is 0. The number of carbonyl (C=O) groups excluding carboxylic acids is 1. The molecule has 1 fully saturated rings. The van der Waals surface area contributed by atoms with Crippen LogP contribution in [0.1, 0.15) is 31.4 Å². The van der Waals surface area contributed by atoms with Gasteiger partial charge in [0.05, 0.1) is 13.2 Å². The summed E-state index contributed by atoms with van der Waals surface area (Å²) in [6.07, 6.45) is 1.19. The molecule has 0 saturated carbocycles. The van der Waals surface area contributed by atoms with E-state index in [1.54, 1.807) is 0 Å². The van der Waals surface area contributed by atoms with E-state index < -0.39 is 0 Å². The Labute approximate surface area is 150 Å². The zero-order valence-electron chi connectivity index (χ0n) is 13.5. The van der Waals surface area contributed by atoms with Gasteiger partial charge in [0.25, 0.3) is 0 Å². The van der Waals surface area contributed by atoms with E-state index in [1.165, 1.54) is 5.56 Å². The number of morpholine rings is 1. The van der Waals surface area contributed by atoms with E-state index in [2.05, 4.69) is 29.3 Å². The van der Waals surface area contributed by atoms with Gasteiger partial charge >= 0.3 is 0 Å². The average molecular weight is 364 g/mol. The van der Waals surface area contributed by atoms with Crippen molar-refractivity contribution in [2.75, 3.05) is 38.2 Å². The highest BCUT2D eigenvalue weighted by Gasteiger charge is 2.18. The third kappa shape index (κ3) is 7.06. The molecule has 1 atom stereocenters. The van der Waals surface area contributed by atoms with Gasteiger partial charge in [0.15, 0.2) is 0 Å². The molecule has 0 bridgehead atoms. The second kappa shape index (κ2) is 11.6. The van der Waals surface area contributed by atoms with Crippen LogP contribution in [0.15, 0.2) is 24.3 Å². The highest BCUT2D eigenvalue weighted by molar-refractivity contribution is 5.90. The molecule has 0 spiro atoms. The van der Waals surface area contributed by atoms with Gasteiger partial charge in [-0.3, -0.25) is 9.69 Å². The number of benzene rings is 1. The molecular formula is C16H27Cl2N3O2. The van der Waals surface area contributed by atoms with E-state index in [9.17, 15) is 4.79 Å². The summed E-state index contributed by atoms with van der Waals surface area (Å²) in [4.78, 5) is 14.1. The van der Waals surface area contributed by atoms with Crippen molar-refractivity contribution in [3.05, 3.63) is 29.8 Å². The quantitative estimate of drug-likeness (QED) is 0.814. The third-order valence-electron chi connectivity index (χ3n) is 3.88. The maximum atomic E-state index is 11.6. The normalized spacial score (nSPS) is 15.9. The molecule has 132 valence electrons. The predicted octanol–water partition coefficient (Wildman–Crippen LogP) is 2.60. The topological polar surface area (TPSA) is 67.6 Å². The molecule has 1 aromatic carbocycles. The molecule has 1 aliphatic rings. The van der Waals surface area contributed by atoms with Gasteiger partial charge in [0, 0.05) is 31.2 Å². The summed E-state index contributed by atoms with van der Waals surface area (Å²) in [7, 11) is 0. The highest BCUT2D eigenvalue weighted by atomic mass is 35.5. The number of halogens is 2. The van der Waals surface area contributed by atoms with Crippen molar-refractivity contribution in [2.45, 2.75) is 25.8 Å². The Kier molecular flexibility index (Phi) is 11.2. The molecule has 0 aromatic heterocycles. The summed E-state index contributed by atoms with van der Waals surface area (Å²) < 4.78 is 5.38. The third-order valence-corrected chi connectivity index (χ3v) is 3.88. The van der Waals surface area contributed by atoms with Gasteiger partial charge in [-0.15, -0.1) is 24.8 Å². The van der Waals surface area contributed by atoms with Crippen LogP contribution in [0.5, 0.6) is 0 Å². The van der Waals surface area contributed by atoms with Gasteiger partial charge in [0.1, 0.15) is 0 Å². The van der Waals surface area contributed by atoms with Crippen LogP contribution in [0.4, 0.5) is 5.69 Å². The van der Waals surface area contributed by atoms with Gasteiger partial charge in [-0.05, 0) is 37.6 Å². The highest BCUT2D eigenvalue weighted by Crippen LogP contribution is 2.22. The molecule has 1 aliphatic heterocycles. The van der Waals surface area contributed by atoms with Gasteiger partial charge in [0.2, 0.25) is 5.91 Å². The molecule has 1 aromatic rings. The fourth-order valence-corrected chi connectivity index (χ4v) is 2.51. The van der Waals surface area contributed by atoms with Crippen LogP contribution in [0.25, 0.3) is 0 Å². The van der Waals surface area contributed by atoms with Crippen molar-refractivity contribution in [2.24, 2.45) is 5.73 Å². The lowest BCUT2D eigenvalue weighted by atomic mass is 10.1. The first-order valence-electron chi connectivity index (χ1n) is 7.62. The summed E-state index contributed by atoms with van der Waals surface area (Å²) in [6, 6.07) is 8.47. The molecule has 2 rings (SSSR count). The molecule has 1 amide bonds. The molecular weight excluding hydrogens is 337 g/mol. The minimum atomic E-state index is 0. The van der Waals surface area contributed by atoms with Crippen molar-refractivity contribution in [3.8, 4) is 0 Å². The Morgan fingerprint density at radius 3 is 2.43 bits per heavy atom. The van der Waals surface area contributed by atoms with Crippen LogP contribution in [0, 0.1) is 0 Å². The standard InChI is InChI=1S/C16H25N3O2.2ClH/c1-13(19-9-11-21-12-10-19)14-4-6-15(7-5-14)18-16(20)3-2-8-17;;/h4-7,13H,2-3,8-12,17H2,1H3,(H,18,20);2*1H. The minimum absolute atomic E-state index is 0. The summed E-state index contributed by atoms with van der Waals surface area (Å²) in [6.45, 7) is 6.31. The first kappa shape index (κ1) is 22.1. The van der Waals surface area contributed by atoms with Crippen LogP contribution < -0.4 is 11.1 Å². The van der Waals surface area contributed by atoms with Gasteiger partial charge in [-0.2, -0.15) is 0 Å². The van der Waals surface area contributed by atoms with E-state index in [1.807, 2.05) is 12.1 Å². The molecule has 5 nitrogen and oxygen atoms in total. The summed E-state index contributed by atoms with van der Waals surface area (Å²) in [5.41, 5.74) is 7.50. The maximum Gasteiger partial charge on any atom is 0.224 e. The van der Waals surface area contributed by atoms with E-state index in [0.29, 0.717) is 19.0 Å². The van der Waals surface area contributed by atoms with Crippen LogP contribution >= 0.6 is 24.8 Å². The predicted molar refractivity (Wildman–Crippen MR) is 98.7 cm³/mol. The largest absolute Gasteiger partial charge is 0.379 e. The monoisotopic (exact) mass is 363 g/mol. The Morgan fingerprint density at radius 2 is 1.87 bits per heavy atom. The number of hydrogen-bond donors (Lipinski definition) is 2. The fraction of sp³-hybridized carbons (Fsp3) is 0.562. The maximum absolute atomic E-state index is 11.6. The Hall–Kier alpha value is -0.850. The van der Waals surface area contributed by atoms with Gasteiger partial charge < -0.3 is 15.8 Å². The van der Waals surface area contributed by atoms with E-state index in [4.69, 9.17) is 10.5 Å². The number of hydrogen-bond acceptors (Lipinski definition) is 4. The van der Waals surface area contributed by atoms with Crippen LogP contribution in [-0.4, -0.2) is 43.7 Å². The molecule has 1 unspecified atom stereocenters. The SMILES string of the molecule is CC(c1ccc(NC(=O)CCCN)cc1)N1CCOCC1.Cl.Cl. The van der Waals surface area contributed by atoms with Crippen molar-refractivity contribution >= 4 is 36.4 Å². The number of nitrogens with zero attached hydrogens (tertiary/aromatic N) is 1. The lowest BCUT2D eigenvalue weighted by Gasteiger charge is -2.32. The van der Waals surface area contributed by atoms with E-state index in [0.717, 1.165) is 38.4 Å². The second-order valence-electron chi connectivity index (χ2n) is 5.39. The van der Waals surface area contributed by atoms with Gasteiger partial charge in [-0.25, -0.2) is 0 Å². The lowest BCUT2D eigenvalue weighted by Crippen LogP contribution is -2.37. The Bertz CT molecular complexity index is 451. The van der Waals surface area contributed by atoms with Crippen molar-refractivity contribution in [1.82, 2.24) is 4.90 Å². The number of nitrogens with two attached hydrogens (primary N) is 1. The number of nitrogens with one attached hydrogen (secondary N) is 1. The molecule has 23 heavy (non-hydrogen) atoms. The number of amides is 1. The smallest absolute Gasteiger partial charge is 0.224 e. The van der Waals surface area contributed by atoms with Crippen molar-refractivity contribution < 1.29 is 9.53 Å². The molecule has 1 heterocycles. The molecule has 0 aliphatic carbocycles. The van der Waals surface area contributed by atoms with Gasteiger partial charge in [-0.1, -0.05) is 12.1 Å². The fourth-order valence-electron chi connectivity index (χ4n) is 2.51. The van der Waals surface area contributed by atoms with E-state index in [-0.39, 0.29) is 30.7 Å². The number of carbonyl (C=O) groups is 1. The zero-order valence-corrected chi connectivity index (χ0v) is 15.1. The zero-order chi connectivity index (χ0) is 15.1. The van der Waals surface area contributed by atoms with Crippen LogP contribution in [0.3, 0.4) is 0 Å². The molecule has 7 heteroatoms. The number of ether oxygens (including phenoxy) is 1. The summed E-state index contributed by atoms with van der Waals surface area (Å²) in [5, 5.41) is 2.89. The van der Waals surface area contributed by atoms with E-state index >= 15 is 0 Å². The Morgan fingerprint density at radius 1 is 1.26 bits per heavy atom. The van der Waals surface area contributed by atoms with Crippen molar-refractivity contribution in [3.63, 3.8) is 0 Å². The summed E-state index contributed by atoms with van der Waals surface area (Å²) in [5.74, 6) is 0.0226. The average Bonchev–Trinajstić information content (AvgIpc) is 2.54. The first-order valence-corrected chi connectivity index (χ1v) is 7.62. The molecule has 1 saturated heterocycles. The second-order valence-corrected chi connectivity index (χ2v) is 5.39. The van der Waals surface area contributed by atoms with Crippen LogP contribution in [-0.2, 0) is 9.53 Å². The van der Waals surface area contributed by atoms with Crippen LogP contribution in [0.2, 0.25) is 0 Å². The number of anilines is 1. The number of rotatable bonds is 6. The van der Waals surface area contributed by atoms with Crippen molar-refractivity contribution in [1.29, 1.82) is 0 Å². The first-order chi connectivity index (χ1) is 10.2.